The van der Waals surface area contributed by atoms with Crippen molar-refractivity contribution in [1.29, 1.82) is 0 Å². The smallest absolute Gasteiger partial charge is 0.246 e. The normalized spacial score (nSPS) is 10.8. The van der Waals surface area contributed by atoms with Crippen molar-refractivity contribution < 1.29 is 9.21 Å². The molecule has 0 radical (unpaired) electrons. The molecule has 0 saturated carbocycles. The molecule has 3 aromatic rings. The number of carbonyl (C=O) groups excluding carboxylic acids is 1. The number of benzene rings is 1. The van der Waals surface area contributed by atoms with Gasteiger partial charge in [0, 0.05) is 21.6 Å². The zero-order chi connectivity index (χ0) is 13.4. The number of halogens is 1. The summed E-state index contributed by atoms with van der Waals surface area (Å²) in [6.07, 6.45) is 1.60. The van der Waals surface area contributed by atoms with Crippen LogP contribution >= 0.6 is 15.9 Å². The number of carbonyl (C=O) groups is 1. The largest absolute Gasteiger partial charge is 0.452 e. The van der Waals surface area contributed by atoms with Gasteiger partial charge in [0.05, 0.1) is 0 Å². The number of aromatic nitrogens is 1. The fraction of sp³-hybridized carbons (Fsp3) is 0.0667. The van der Waals surface area contributed by atoms with E-state index in [1.165, 1.54) is 0 Å². The molecule has 3 rings (SSSR count). The van der Waals surface area contributed by atoms with Gasteiger partial charge in [0.2, 0.25) is 5.78 Å². The molecule has 19 heavy (non-hydrogen) atoms. The van der Waals surface area contributed by atoms with Crippen LogP contribution < -0.4 is 0 Å². The summed E-state index contributed by atoms with van der Waals surface area (Å²) in [6.45, 7) is 1.88. The third kappa shape index (κ3) is 2.08. The maximum Gasteiger partial charge on any atom is 0.246 e. The summed E-state index contributed by atoms with van der Waals surface area (Å²) in [6, 6.07) is 11.0. The van der Waals surface area contributed by atoms with Gasteiger partial charge in [0.15, 0.2) is 5.76 Å². The Morgan fingerprint density at radius 3 is 2.84 bits per heavy atom. The predicted octanol–water partition coefficient (Wildman–Crippen LogP) is 4.13. The van der Waals surface area contributed by atoms with Crippen LogP contribution in [0, 0.1) is 6.92 Å². The zero-order valence-corrected chi connectivity index (χ0v) is 11.8. The molecule has 0 aliphatic heterocycles. The Labute approximate surface area is 118 Å². The minimum atomic E-state index is -0.189. The van der Waals surface area contributed by atoms with E-state index >= 15 is 0 Å². The lowest BCUT2D eigenvalue weighted by Crippen LogP contribution is -2.03. The average Bonchev–Trinajstić information content (AvgIpc) is 2.75. The molecule has 0 atom stereocenters. The van der Waals surface area contributed by atoms with E-state index in [9.17, 15) is 4.79 Å². The molecule has 2 aromatic heterocycles. The standard InChI is InChI=1S/C15H10BrNO2/c1-9-11-6-5-10(16)8-13(11)19-15(9)14(18)12-4-2-3-7-17-12/h2-8H,1H3. The Bertz CT molecular complexity index is 762. The molecular formula is C15H10BrNO2. The molecule has 0 aliphatic rings. The van der Waals surface area contributed by atoms with Gasteiger partial charge in [-0.2, -0.15) is 0 Å². The summed E-state index contributed by atoms with van der Waals surface area (Å²) in [7, 11) is 0. The number of hydrogen-bond donors (Lipinski definition) is 0. The first-order valence-corrected chi connectivity index (χ1v) is 6.60. The monoisotopic (exact) mass is 315 g/mol. The molecule has 0 fully saturated rings. The molecule has 1 aromatic carbocycles. The molecule has 94 valence electrons. The molecular weight excluding hydrogens is 306 g/mol. The maximum atomic E-state index is 12.4. The van der Waals surface area contributed by atoms with Gasteiger partial charge >= 0.3 is 0 Å². The van der Waals surface area contributed by atoms with Crippen LogP contribution in [0.2, 0.25) is 0 Å². The van der Waals surface area contributed by atoms with Crippen LogP contribution in [0.5, 0.6) is 0 Å². The predicted molar refractivity (Wildman–Crippen MR) is 76.3 cm³/mol. The fourth-order valence-electron chi connectivity index (χ4n) is 2.03. The van der Waals surface area contributed by atoms with Crippen LogP contribution in [0.4, 0.5) is 0 Å². The fourth-order valence-corrected chi connectivity index (χ4v) is 2.37. The molecule has 3 nitrogen and oxygen atoms in total. The van der Waals surface area contributed by atoms with E-state index in [-0.39, 0.29) is 5.78 Å². The van der Waals surface area contributed by atoms with Crippen LogP contribution in [0.15, 0.2) is 51.5 Å². The number of nitrogens with zero attached hydrogens (tertiary/aromatic N) is 1. The molecule has 4 heteroatoms. The number of rotatable bonds is 2. The summed E-state index contributed by atoms with van der Waals surface area (Å²) in [4.78, 5) is 16.4. The van der Waals surface area contributed by atoms with Crippen molar-refractivity contribution in [1.82, 2.24) is 4.98 Å². The quantitative estimate of drug-likeness (QED) is 0.668. The van der Waals surface area contributed by atoms with Gasteiger partial charge in [-0.3, -0.25) is 9.78 Å². The topological polar surface area (TPSA) is 43.1 Å². The summed E-state index contributed by atoms with van der Waals surface area (Å²) in [5.41, 5.74) is 1.94. The molecule has 2 heterocycles. The van der Waals surface area contributed by atoms with E-state index in [4.69, 9.17) is 4.42 Å². The molecule has 0 spiro atoms. The third-order valence-corrected chi connectivity index (χ3v) is 3.50. The lowest BCUT2D eigenvalue weighted by Gasteiger charge is -1.97. The van der Waals surface area contributed by atoms with Crippen molar-refractivity contribution in [3.63, 3.8) is 0 Å². The molecule has 0 N–H and O–H groups in total. The van der Waals surface area contributed by atoms with Crippen LogP contribution in [0.25, 0.3) is 11.0 Å². The van der Waals surface area contributed by atoms with Gasteiger partial charge in [-0.05, 0) is 37.3 Å². The molecule has 0 aliphatic carbocycles. The lowest BCUT2D eigenvalue weighted by molar-refractivity contribution is 0.101. The number of pyridine rings is 1. The Morgan fingerprint density at radius 2 is 2.11 bits per heavy atom. The van der Waals surface area contributed by atoms with E-state index in [1.807, 2.05) is 25.1 Å². The summed E-state index contributed by atoms with van der Waals surface area (Å²) in [5.74, 6) is 0.164. The Kier molecular flexibility index (Phi) is 2.95. The van der Waals surface area contributed by atoms with Crippen molar-refractivity contribution >= 4 is 32.7 Å². The second-order valence-electron chi connectivity index (χ2n) is 4.24. The maximum absolute atomic E-state index is 12.4. The van der Waals surface area contributed by atoms with Gasteiger partial charge in [-0.25, -0.2) is 0 Å². The highest BCUT2D eigenvalue weighted by Crippen LogP contribution is 2.28. The number of aryl methyl sites for hydroxylation is 1. The first-order valence-electron chi connectivity index (χ1n) is 5.81. The zero-order valence-electron chi connectivity index (χ0n) is 10.2. The van der Waals surface area contributed by atoms with Crippen LogP contribution in [-0.2, 0) is 0 Å². The van der Waals surface area contributed by atoms with Gasteiger partial charge in [-0.1, -0.05) is 22.0 Å². The van der Waals surface area contributed by atoms with Crippen LogP contribution in [-0.4, -0.2) is 10.8 Å². The third-order valence-electron chi connectivity index (χ3n) is 3.00. The van der Waals surface area contributed by atoms with Crippen molar-refractivity contribution in [2.75, 3.05) is 0 Å². The highest BCUT2D eigenvalue weighted by molar-refractivity contribution is 9.10. The highest BCUT2D eigenvalue weighted by atomic mass is 79.9. The Hall–Kier alpha value is -1.94. The minimum Gasteiger partial charge on any atom is -0.452 e. The van der Waals surface area contributed by atoms with Crippen molar-refractivity contribution in [2.45, 2.75) is 6.92 Å². The van der Waals surface area contributed by atoms with E-state index in [0.717, 1.165) is 15.4 Å². The van der Waals surface area contributed by atoms with Gasteiger partial charge in [0.25, 0.3) is 0 Å². The minimum absolute atomic E-state index is 0.189. The number of ketones is 1. The van der Waals surface area contributed by atoms with Gasteiger partial charge in [0.1, 0.15) is 11.3 Å². The van der Waals surface area contributed by atoms with Crippen molar-refractivity contribution in [2.24, 2.45) is 0 Å². The lowest BCUT2D eigenvalue weighted by atomic mass is 10.1. The number of hydrogen-bond acceptors (Lipinski definition) is 3. The summed E-state index contributed by atoms with van der Waals surface area (Å²) < 4.78 is 6.60. The molecule has 0 saturated heterocycles. The van der Waals surface area contributed by atoms with Gasteiger partial charge in [-0.15, -0.1) is 0 Å². The molecule has 0 unspecified atom stereocenters. The second kappa shape index (κ2) is 4.63. The average molecular weight is 316 g/mol. The Morgan fingerprint density at radius 1 is 1.26 bits per heavy atom. The Balaban J connectivity index is 2.16. The number of fused-ring (bicyclic) bond motifs is 1. The second-order valence-corrected chi connectivity index (χ2v) is 5.16. The SMILES string of the molecule is Cc1c(C(=O)c2ccccn2)oc2cc(Br)ccc12. The number of furan rings is 1. The molecule has 0 amide bonds. The highest BCUT2D eigenvalue weighted by Gasteiger charge is 2.19. The summed E-state index contributed by atoms with van der Waals surface area (Å²) >= 11 is 3.39. The van der Waals surface area contributed by atoms with E-state index in [1.54, 1.807) is 24.4 Å². The summed E-state index contributed by atoms with van der Waals surface area (Å²) in [5, 5.41) is 0.947. The first-order chi connectivity index (χ1) is 9.16. The van der Waals surface area contributed by atoms with E-state index < -0.39 is 0 Å². The first kappa shape index (κ1) is 12.1. The van der Waals surface area contributed by atoms with Crippen molar-refractivity contribution in [3.05, 3.63) is 64.1 Å². The van der Waals surface area contributed by atoms with E-state index in [2.05, 4.69) is 20.9 Å². The van der Waals surface area contributed by atoms with Gasteiger partial charge < -0.3 is 4.42 Å². The van der Waals surface area contributed by atoms with Crippen molar-refractivity contribution in [3.8, 4) is 0 Å². The van der Waals surface area contributed by atoms with Crippen LogP contribution in [0.1, 0.15) is 21.8 Å². The van der Waals surface area contributed by atoms with E-state index in [0.29, 0.717) is 17.0 Å². The van der Waals surface area contributed by atoms with Crippen LogP contribution in [0.3, 0.4) is 0 Å². The molecule has 0 bridgehead atoms.